The van der Waals surface area contributed by atoms with Gasteiger partial charge in [0.2, 0.25) is 0 Å². The number of methoxy groups -OCH3 is 2. The Morgan fingerprint density at radius 1 is 1.22 bits per heavy atom. The number of nitrogens with zero attached hydrogens (tertiary/aromatic N) is 1. The van der Waals surface area contributed by atoms with Gasteiger partial charge in [-0.2, -0.15) is 0 Å². The van der Waals surface area contributed by atoms with E-state index in [9.17, 15) is 0 Å². The molecule has 0 saturated heterocycles. The van der Waals surface area contributed by atoms with Crippen molar-refractivity contribution in [3.63, 3.8) is 0 Å². The molecule has 0 radical (unpaired) electrons. The number of benzene rings is 1. The highest BCUT2D eigenvalue weighted by molar-refractivity contribution is 7.99. The summed E-state index contributed by atoms with van der Waals surface area (Å²) in [7, 11) is 3.40. The first-order valence-corrected chi connectivity index (χ1v) is 7.05. The van der Waals surface area contributed by atoms with Crippen LogP contribution in [0.1, 0.15) is 18.9 Å². The van der Waals surface area contributed by atoms with Crippen LogP contribution in [0.5, 0.6) is 11.5 Å². The van der Waals surface area contributed by atoms with Crippen molar-refractivity contribution >= 4 is 18.5 Å². The third-order valence-corrected chi connectivity index (χ3v) is 3.81. The summed E-state index contributed by atoms with van der Waals surface area (Å²) in [5, 5.41) is 0. The Balaban J connectivity index is 3.02. The summed E-state index contributed by atoms with van der Waals surface area (Å²) >= 11 is 1.79. The van der Waals surface area contributed by atoms with E-state index < -0.39 is 0 Å². The molecule has 0 unspecified atom stereocenters. The molecule has 0 aliphatic carbocycles. The number of rotatable bonds is 8. The van der Waals surface area contributed by atoms with E-state index in [-0.39, 0.29) is 0 Å². The van der Waals surface area contributed by atoms with E-state index in [1.54, 1.807) is 26.0 Å². The fourth-order valence-electron chi connectivity index (χ4n) is 1.65. The average Bonchev–Trinajstić information content (AvgIpc) is 2.42. The summed E-state index contributed by atoms with van der Waals surface area (Å²) in [5.41, 5.74) is 1.11. The molecule has 0 fully saturated rings. The second-order valence-electron chi connectivity index (χ2n) is 3.86. The van der Waals surface area contributed by atoms with Crippen molar-refractivity contribution in [3.05, 3.63) is 17.7 Å². The number of ether oxygens (including phenoxy) is 2. The van der Waals surface area contributed by atoms with Gasteiger partial charge < -0.3 is 14.5 Å². The highest BCUT2D eigenvalue weighted by Crippen LogP contribution is 2.36. The molecule has 0 aromatic heterocycles. The molecule has 0 bridgehead atoms. The summed E-state index contributed by atoms with van der Waals surface area (Å²) in [4.78, 5) is 5.01. The fourth-order valence-corrected chi connectivity index (χ4v) is 2.55. The Kier molecular flexibility index (Phi) is 6.65. The van der Waals surface area contributed by atoms with Gasteiger partial charge in [-0.3, -0.25) is 0 Å². The molecule has 0 amide bonds. The van der Waals surface area contributed by atoms with Gasteiger partial charge in [0.15, 0.2) is 0 Å². The van der Waals surface area contributed by atoms with Crippen LogP contribution in [0.15, 0.2) is 22.0 Å². The summed E-state index contributed by atoms with van der Waals surface area (Å²) in [6, 6.07) is 4.10. The van der Waals surface area contributed by atoms with E-state index in [4.69, 9.17) is 9.47 Å². The maximum atomic E-state index is 5.44. The lowest BCUT2D eigenvalue weighted by Crippen LogP contribution is -1.98. The topological polar surface area (TPSA) is 30.8 Å². The van der Waals surface area contributed by atoms with Crippen molar-refractivity contribution in [2.45, 2.75) is 24.7 Å². The average molecular weight is 267 g/mol. The predicted octanol–water partition coefficient (Wildman–Crippen LogP) is 3.45. The largest absolute Gasteiger partial charge is 0.496 e. The molecule has 0 atom stereocenters. The van der Waals surface area contributed by atoms with Crippen molar-refractivity contribution in [2.75, 3.05) is 26.5 Å². The van der Waals surface area contributed by atoms with Crippen molar-refractivity contribution in [2.24, 2.45) is 4.99 Å². The Morgan fingerprint density at radius 2 is 1.94 bits per heavy atom. The highest BCUT2D eigenvalue weighted by atomic mass is 32.2. The van der Waals surface area contributed by atoms with E-state index in [1.807, 2.05) is 6.07 Å². The third-order valence-electron chi connectivity index (χ3n) is 2.57. The molecule has 0 N–H and O–H groups in total. The predicted molar refractivity (Wildman–Crippen MR) is 78.7 cm³/mol. The Hall–Kier alpha value is -1.16. The van der Waals surface area contributed by atoms with Crippen LogP contribution in [0, 0.1) is 0 Å². The molecule has 1 aromatic carbocycles. The van der Waals surface area contributed by atoms with Crippen LogP contribution in [0.4, 0.5) is 0 Å². The van der Waals surface area contributed by atoms with Crippen LogP contribution in [0.25, 0.3) is 0 Å². The third kappa shape index (κ3) is 3.95. The minimum atomic E-state index is 0.695. The first-order valence-electron chi connectivity index (χ1n) is 6.07. The number of aliphatic imine (C=N–C) groups is 1. The standard InChI is InChI=1S/C14H21NO2S/c1-5-8-18-14-10-12(16-3)11(6-7-15-2)9-13(14)17-4/h9-10H,2,5-8H2,1,3-4H3. The van der Waals surface area contributed by atoms with Crippen LogP contribution < -0.4 is 9.47 Å². The van der Waals surface area contributed by atoms with Crippen LogP contribution in [-0.4, -0.2) is 33.2 Å². The summed E-state index contributed by atoms with van der Waals surface area (Å²) in [6.45, 7) is 6.37. The Labute approximate surface area is 114 Å². The second kappa shape index (κ2) is 8.03. The first-order chi connectivity index (χ1) is 8.76. The molecule has 0 heterocycles. The second-order valence-corrected chi connectivity index (χ2v) is 5.00. The number of hydrogen-bond donors (Lipinski definition) is 0. The van der Waals surface area contributed by atoms with Gasteiger partial charge in [0.25, 0.3) is 0 Å². The van der Waals surface area contributed by atoms with Gasteiger partial charge in [-0.15, -0.1) is 11.8 Å². The SMILES string of the molecule is C=NCCc1cc(OC)c(SCCC)cc1OC. The highest BCUT2D eigenvalue weighted by Gasteiger charge is 2.11. The molecule has 0 spiro atoms. The van der Waals surface area contributed by atoms with Gasteiger partial charge >= 0.3 is 0 Å². The molecule has 100 valence electrons. The molecule has 4 heteroatoms. The molecular weight excluding hydrogens is 246 g/mol. The van der Waals surface area contributed by atoms with Crippen molar-refractivity contribution < 1.29 is 9.47 Å². The van der Waals surface area contributed by atoms with Gasteiger partial charge in [-0.1, -0.05) is 6.92 Å². The molecule has 18 heavy (non-hydrogen) atoms. The van der Waals surface area contributed by atoms with Crippen molar-refractivity contribution in [3.8, 4) is 11.5 Å². The zero-order valence-corrected chi connectivity index (χ0v) is 12.2. The zero-order valence-electron chi connectivity index (χ0n) is 11.4. The number of thioether (sulfide) groups is 1. The van der Waals surface area contributed by atoms with Crippen molar-refractivity contribution in [1.29, 1.82) is 0 Å². The molecule has 3 nitrogen and oxygen atoms in total. The molecule has 1 aromatic rings. The Bertz CT molecular complexity index is 394. The lowest BCUT2D eigenvalue weighted by Gasteiger charge is -2.14. The summed E-state index contributed by atoms with van der Waals surface area (Å²) in [5.74, 6) is 2.89. The quantitative estimate of drug-likeness (QED) is 0.534. The molecule has 1 rings (SSSR count). The van der Waals surface area contributed by atoms with Gasteiger partial charge in [-0.05, 0) is 43.0 Å². The van der Waals surface area contributed by atoms with E-state index >= 15 is 0 Å². The van der Waals surface area contributed by atoms with E-state index in [1.165, 1.54) is 0 Å². The van der Waals surface area contributed by atoms with Gasteiger partial charge in [0.1, 0.15) is 11.5 Å². The zero-order chi connectivity index (χ0) is 13.4. The van der Waals surface area contributed by atoms with Gasteiger partial charge in [0.05, 0.1) is 19.1 Å². The minimum absolute atomic E-state index is 0.695. The minimum Gasteiger partial charge on any atom is -0.496 e. The lowest BCUT2D eigenvalue weighted by molar-refractivity contribution is 0.390. The van der Waals surface area contributed by atoms with Crippen LogP contribution in [-0.2, 0) is 6.42 Å². The maximum Gasteiger partial charge on any atom is 0.132 e. The lowest BCUT2D eigenvalue weighted by atomic mass is 10.1. The monoisotopic (exact) mass is 267 g/mol. The number of hydrogen-bond acceptors (Lipinski definition) is 4. The van der Waals surface area contributed by atoms with Crippen molar-refractivity contribution in [1.82, 2.24) is 0 Å². The van der Waals surface area contributed by atoms with E-state index in [0.717, 1.165) is 40.6 Å². The van der Waals surface area contributed by atoms with E-state index in [2.05, 4.69) is 24.7 Å². The van der Waals surface area contributed by atoms with Crippen LogP contribution >= 0.6 is 11.8 Å². The van der Waals surface area contributed by atoms with Crippen LogP contribution in [0.2, 0.25) is 0 Å². The maximum absolute atomic E-state index is 5.44. The fraction of sp³-hybridized carbons (Fsp3) is 0.500. The van der Waals surface area contributed by atoms with Gasteiger partial charge in [-0.25, -0.2) is 0 Å². The Morgan fingerprint density at radius 3 is 2.50 bits per heavy atom. The van der Waals surface area contributed by atoms with Crippen LogP contribution in [0.3, 0.4) is 0 Å². The molecular formula is C14H21NO2S. The first kappa shape index (κ1) is 14.9. The van der Waals surface area contributed by atoms with Gasteiger partial charge in [0, 0.05) is 6.54 Å². The summed E-state index contributed by atoms with van der Waals surface area (Å²) in [6.07, 6.45) is 1.96. The normalized spacial score (nSPS) is 10.2. The van der Waals surface area contributed by atoms with E-state index in [0.29, 0.717) is 6.54 Å². The molecule has 0 aliphatic rings. The molecule has 0 saturated carbocycles. The smallest absolute Gasteiger partial charge is 0.132 e. The molecule has 0 aliphatic heterocycles. The summed E-state index contributed by atoms with van der Waals surface area (Å²) < 4.78 is 10.9.